The van der Waals surface area contributed by atoms with Crippen LogP contribution in [0.2, 0.25) is 0 Å². The topological polar surface area (TPSA) is 89.9 Å². The van der Waals surface area contributed by atoms with Gasteiger partial charge in [-0.25, -0.2) is 13.2 Å². The molecule has 0 fully saturated rings. The van der Waals surface area contributed by atoms with Crippen LogP contribution in [0, 0.1) is 0 Å². The minimum atomic E-state index is -3.94. The van der Waals surface area contributed by atoms with E-state index in [1.807, 2.05) is 0 Å². The van der Waals surface area contributed by atoms with Gasteiger partial charge in [0.25, 0.3) is 0 Å². The number of sulfone groups is 1. The van der Waals surface area contributed by atoms with E-state index < -0.39 is 46.3 Å². The number of halogens is 4. The fourth-order valence-electron chi connectivity index (χ4n) is 2.31. The molecule has 2 rings (SSSR count). The number of rotatable bonds is 9. The number of hydrogen-bond acceptors (Lipinski definition) is 5. The van der Waals surface area contributed by atoms with Crippen LogP contribution in [0.4, 0.5) is 17.6 Å². The number of carboxylic acids is 1. The quantitative estimate of drug-likeness (QED) is 0.596. The zero-order valence-electron chi connectivity index (χ0n) is 14.5. The highest BCUT2D eigenvalue weighted by Gasteiger charge is 2.17. The number of alkyl halides is 4. The maximum absolute atomic E-state index is 12.5. The van der Waals surface area contributed by atoms with Gasteiger partial charge < -0.3 is 14.6 Å². The lowest BCUT2D eigenvalue weighted by Crippen LogP contribution is -2.08. The van der Waals surface area contributed by atoms with Gasteiger partial charge in [0.1, 0.15) is 0 Å². The minimum Gasteiger partial charge on any atom is -0.478 e. The molecule has 156 valence electrons. The highest BCUT2D eigenvalue weighted by atomic mass is 32.2. The van der Waals surface area contributed by atoms with Crippen LogP contribution in [0.1, 0.15) is 21.5 Å². The van der Waals surface area contributed by atoms with E-state index in [2.05, 4.69) is 9.47 Å². The highest BCUT2D eigenvalue weighted by Crippen LogP contribution is 2.31. The fourth-order valence-corrected chi connectivity index (χ4v) is 3.46. The van der Waals surface area contributed by atoms with Gasteiger partial charge in [-0.05, 0) is 35.4 Å². The molecule has 0 radical (unpaired) electrons. The van der Waals surface area contributed by atoms with E-state index in [0.29, 0.717) is 0 Å². The summed E-state index contributed by atoms with van der Waals surface area (Å²) in [5.41, 5.74) is -0.0602. The van der Waals surface area contributed by atoms with E-state index in [0.717, 1.165) is 29.7 Å². The molecular weight excluding hydrogens is 420 g/mol. The second-order valence-corrected chi connectivity index (χ2v) is 7.42. The molecule has 1 N–H and O–H groups in total. The third-order valence-corrected chi connectivity index (χ3v) is 4.74. The number of benzene rings is 2. The molecule has 0 aromatic heterocycles. The van der Waals surface area contributed by atoms with Crippen molar-refractivity contribution in [2.75, 3.05) is 0 Å². The van der Waals surface area contributed by atoms with Crippen molar-refractivity contribution in [2.45, 2.75) is 19.0 Å². The Hall–Kier alpha value is -3.08. The molecule has 0 aliphatic heterocycles. The van der Waals surface area contributed by atoms with E-state index in [1.54, 1.807) is 0 Å². The van der Waals surface area contributed by atoms with E-state index in [-0.39, 0.29) is 16.7 Å². The van der Waals surface area contributed by atoms with Crippen molar-refractivity contribution >= 4 is 21.9 Å². The monoisotopic (exact) mass is 434 g/mol. The molecule has 6 nitrogen and oxygen atoms in total. The summed E-state index contributed by atoms with van der Waals surface area (Å²) in [5, 5.41) is 9.86. The Balaban J connectivity index is 2.26. The van der Waals surface area contributed by atoms with Gasteiger partial charge in [-0.15, -0.1) is 0 Å². The molecule has 0 saturated carbocycles. The molecule has 0 heterocycles. The van der Waals surface area contributed by atoms with Crippen molar-refractivity contribution in [1.29, 1.82) is 0 Å². The van der Waals surface area contributed by atoms with Gasteiger partial charge in [0.15, 0.2) is 21.3 Å². The molecule has 0 saturated heterocycles. The molecule has 0 bridgehead atoms. The van der Waals surface area contributed by atoms with Crippen LogP contribution in [0.3, 0.4) is 0 Å². The summed E-state index contributed by atoms with van der Waals surface area (Å²) in [4.78, 5) is 11.2. The Morgan fingerprint density at radius 2 is 1.62 bits per heavy atom. The lowest BCUT2D eigenvalue weighted by atomic mass is 10.1. The van der Waals surface area contributed by atoms with Gasteiger partial charge in [-0.2, -0.15) is 17.6 Å². The second-order valence-electron chi connectivity index (χ2n) is 5.54. The number of hydrogen-bond donors (Lipinski definition) is 1. The van der Waals surface area contributed by atoms with Crippen molar-refractivity contribution < 1.29 is 45.4 Å². The Labute approximate surface area is 162 Å². The summed E-state index contributed by atoms with van der Waals surface area (Å²) in [5.74, 6) is -3.24. The second kappa shape index (κ2) is 9.41. The summed E-state index contributed by atoms with van der Waals surface area (Å²) >= 11 is 0. The standard InChI is InChI=1S/C18H14F4O6S/c19-17(20)27-14-6-5-11(9-15(14)28-18(21)22)7-8-29(25,26)10-12-3-1-2-4-13(12)16(23)24/h1-9,17-18H,10H2,(H,23,24)/b8-7+. The molecule has 2 aromatic carbocycles. The first kappa shape index (κ1) is 22.2. The molecular formula is C18H14F4O6S. The van der Waals surface area contributed by atoms with Gasteiger partial charge in [-0.3, -0.25) is 0 Å². The Morgan fingerprint density at radius 1 is 1.00 bits per heavy atom. The number of ether oxygens (including phenoxy) is 2. The Morgan fingerprint density at radius 3 is 2.24 bits per heavy atom. The smallest absolute Gasteiger partial charge is 0.387 e. The van der Waals surface area contributed by atoms with Crippen molar-refractivity contribution in [3.8, 4) is 11.5 Å². The van der Waals surface area contributed by atoms with Gasteiger partial charge in [0.2, 0.25) is 0 Å². The number of carboxylic acid groups (broad SMARTS) is 1. The first-order chi connectivity index (χ1) is 13.6. The van der Waals surface area contributed by atoms with E-state index in [1.165, 1.54) is 24.3 Å². The van der Waals surface area contributed by atoms with Crippen molar-refractivity contribution in [2.24, 2.45) is 0 Å². The zero-order valence-corrected chi connectivity index (χ0v) is 15.3. The SMILES string of the molecule is O=C(O)c1ccccc1CS(=O)(=O)/C=C/c1ccc(OC(F)F)c(OC(F)F)c1. The van der Waals surface area contributed by atoms with Gasteiger partial charge in [0, 0.05) is 5.41 Å². The van der Waals surface area contributed by atoms with Crippen molar-refractivity contribution in [1.82, 2.24) is 0 Å². The summed E-state index contributed by atoms with van der Waals surface area (Å²) in [6, 6.07) is 8.52. The molecule has 0 aliphatic rings. The molecule has 0 unspecified atom stereocenters. The molecule has 0 amide bonds. The molecule has 0 aliphatic carbocycles. The predicted molar refractivity (Wildman–Crippen MR) is 94.8 cm³/mol. The molecule has 29 heavy (non-hydrogen) atoms. The van der Waals surface area contributed by atoms with Crippen LogP contribution < -0.4 is 9.47 Å². The van der Waals surface area contributed by atoms with E-state index in [4.69, 9.17) is 5.11 Å². The molecule has 2 aromatic rings. The van der Waals surface area contributed by atoms with Crippen LogP contribution in [0.5, 0.6) is 11.5 Å². The molecule has 0 atom stereocenters. The Kier molecular flexibility index (Phi) is 7.21. The normalized spacial score (nSPS) is 11.9. The van der Waals surface area contributed by atoms with Gasteiger partial charge in [0.05, 0.1) is 11.3 Å². The molecule has 0 spiro atoms. The summed E-state index contributed by atoms with van der Waals surface area (Å²) in [6.45, 7) is -6.59. The van der Waals surface area contributed by atoms with E-state index in [9.17, 15) is 30.8 Å². The van der Waals surface area contributed by atoms with Gasteiger partial charge in [-0.1, -0.05) is 24.3 Å². The average Bonchev–Trinajstić information content (AvgIpc) is 2.61. The summed E-state index contributed by atoms with van der Waals surface area (Å²) in [7, 11) is -3.94. The summed E-state index contributed by atoms with van der Waals surface area (Å²) < 4.78 is 82.3. The van der Waals surface area contributed by atoms with Crippen LogP contribution in [0.15, 0.2) is 47.9 Å². The lowest BCUT2D eigenvalue weighted by Gasteiger charge is -2.12. The van der Waals surface area contributed by atoms with E-state index >= 15 is 0 Å². The van der Waals surface area contributed by atoms with Crippen LogP contribution in [-0.4, -0.2) is 32.7 Å². The number of carbonyl (C=O) groups is 1. The molecule has 11 heteroatoms. The fraction of sp³-hybridized carbons (Fsp3) is 0.167. The average molecular weight is 434 g/mol. The van der Waals surface area contributed by atoms with Gasteiger partial charge >= 0.3 is 19.2 Å². The van der Waals surface area contributed by atoms with Crippen LogP contribution in [0.25, 0.3) is 6.08 Å². The summed E-state index contributed by atoms with van der Waals surface area (Å²) in [6.07, 6.45) is 1.03. The van der Waals surface area contributed by atoms with Crippen molar-refractivity contribution in [3.63, 3.8) is 0 Å². The first-order valence-electron chi connectivity index (χ1n) is 7.83. The lowest BCUT2D eigenvalue weighted by molar-refractivity contribution is -0.0692. The predicted octanol–water partition coefficient (Wildman–Crippen LogP) is 4.17. The Bertz CT molecular complexity index is 1010. The minimum absolute atomic E-state index is 0.0531. The maximum atomic E-state index is 12.5. The van der Waals surface area contributed by atoms with Crippen LogP contribution >= 0.6 is 0 Å². The first-order valence-corrected chi connectivity index (χ1v) is 9.54. The van der Waals surface area contributed by atoms with Crippen molar-refractivity contribution in [3.05, 3.63) is 64.6 Å². The number of aromatic carboxylic acids is 1. The highest BCUT2D eigenvalue weighted by molar-refractivity contribution is 7.93. The largest absolute Gasteiger partial charge is 0.478 e. The maximum Gasteiger partial charge on any atom is 0.387 e. The zero-order chi connectivity index (χ0) is 21.6. The third kappa shape index (κ3) is 6.79. The van der Waals surface area contributed by atoms with Crippen LogP contribution in [-0.2, 0) is 15.6 Å². The third-order valence-electron chi connectivity index (χ3n) is 3.47.